The second-order valence-electron chi connectivity index (χ2n) is 6.34. The average Bonchev–Trinajstić information content (AvgIpc) is 2.62. The second kappa shape index (κ2) is 8.29. The summed E-state index contributed by atoms with van der Waals surface area (Å²) < 4.78 is 44.6. The summed E-state index contributed by atoms with van der Waals surface area (Å²) in [4.78, 5) is 34.3. The van der Waals surface area contributed by atoms with E-state index in [0.717, 1.165) is 17.7 Å². The minimum atomic E-state index is -4.94. The Balaban J connectivity index is 2.20. The Kier molecular flexibility index (Phi) is 6.25. The number of nitro benzene ring substituents is 1. The molecule has 0 saturated heterocycles. The van der Waals surface area contributed by atoms with Crippen LogP contribution in [0, 0.1) is 24.0 Å². The molecule has 1 N–H and O–H groups in total. The van der Waals surface area contributed by atoms with Gasteiger partial charge in [0.25, 0.3) is 11.6 Å². The van der Waals surface area contributed by atoms with Gasteiger partial charge in [-0.05, 0) is 38.5 Å². The molecule has 10 heteroatoms. The number of anilines is 1. The van der Waals surface area contributed by atoms with Gasteiger partial charge < -0.3 is 10.1 Å². The van der Waals surface area contributed by atoms with Crippen LogP contribution in [0.1, 0.15) is 34.0 Å². The van der Waals surface area contributed by atoms with E-state index >= 15 is 0 Å². The highest BCUT2D eigenvalue weighted by Crippen LogP contribution is 2.37. The van der Waals surface area contributed by atoms with Crippen LogP contribution in [-0.4, -0.2) is 22.9 Å². The summed E-state index contributed by atoms with van der Waals surface area (Å²) in [6.07, 6.45) is -6.34. The number of hydrogen-bond donors (Lipinski definition) is 1. The summed E-state index contributed by atoms with van der Waals surface area (Å²) >= 11 is 0. The number of rotatable bonds is 5. The lowest BCUT2D eigenvalue weighted by Gasteiger charge is -2.17. The maximum atomic E-state index is 13.2. The van der Waals surface area contributed by atoms with Crippen molar-refractivity contribution in [1.29, 1.82) is 0 Å². The number of non-ortho nitro benzene ring substituents is 1. The number of ether oxygens (including phenoxy) is 1. The molecule has 0 aliphatic carbocycles. The van der Waals surface area contributed by atoms with Crippen LogP contribution in [0.5, 0.6) is 0 Å². The molecule has 0 heterocycles. The van der Waals surface area contributed by atoms with E-state index in [2.05, 4.69) is 0 Å². The lowest BCUT2D eigenvalue weighted by atomic mass is 10.1. The fourth-order valence-corrected chi connectivity index (χ4v) is 2.46. The molecule has 2 rings (SSSR count). The van der Waals surface area contributed by atoms with Gasteiger partial charge in [0.1, 0.15) is 0 Å². The number of benzene rings is 2. The van der Waals surface area contributed by atoms with Crippen molar-refractivity contribution in [2.45, 2.75) is 33.1 Å². The number of nitro groups is 1. The van der Waals surface area contributed by atoms with E-state index in [1.54, 1.807) is 32.0 Å². The summed E-state index contributed by atoms with van der Waals surface area (Å²) in [7, 11) is 0. The summed E-state index contributed by atoms with van der Waals surface area (Å²) in [6, 6.07) is 6.98. The summed E-state index contributed by atoms with van der Waals surface area (Å²) in [5.74, 6) is -1.81. The Morgan fingerprint density at radius 2 is 1.79 bits per heavy atom. The molecule has 0 fully saturated rings. The molecule has 0 aromatic heterocycles. The van der Waals surface area contributed by atoms with Crippen molar-refractivity contribution in [3.63, 3.8) is 0 Å². The molecular weight excluding hydrogens is 393 g/mol. The summed E-state index contributed by atoms with van der Waals surface area (Å²) in [6.45, 7) is 4.64. The number of hydrogen-bond acceptors (Lipinski definition) is 5. The van der Waals surface area contributed by atoms with E-state index in [1.165, 1.54) is 6.92 Å². The van der Waals surface area contributed by atoms with Crippen LogP contribution in [0.2, 0.25) is 0 Å². The van der Waals surface area contributed by atoms with Gasteiger partial charge in [0.15, 0.2) is 6.10 Å². The third kappa shape index (κ3) is 5.31. The van der Waals surface area contributed by atoms with E-state index in [9.17, 15) is 32.9 Å². The Labute approximate surface area is 163 Å². The number of aryl methyl sites for hydroxylation is 2. The SMILES string of the molecule is Cc1ccc(C)c(C(=O)O[C@H](C)C(=O)Nc2ccc([N+](=O)[O-])cc2C(F)(F)F)c1. The van der Waals surface area contributed by atoms with Crippen LogP contribution in [0.3, 0.4) is 0 Å². The first kappa shape index (κ1) is 21.9. The zero-order valence-electron chi connectivity index (χ0n) is 15.7. The molecule has 7 nitrogen and oxygen atoms in total. The van der Waals surface area contributed by atoms with E-state index in [-0.39, 0.29) is 5.56 Å². The van der Waals surface area contributed by atoms with Gasteiger partial charge >= 0.3 is 12.1 Å². The molecule has 1 amide bonds. The van der Waals surface area contributed by atoms with Gasteiger partial charge in [-0.15, -0.1) is 0 Å². The first-order valence-corrected chi connectivity index (χ1v) is 8.35. The fourth-order valence-electron chi connectivity index (χ4n) is 2.46. The Morgan fingerprint density at radius 3 is 2.38 bits per heavy atom. The van der Waals surface area contributed by atoms with E-state index < -0.39 is 46.0 Å². The lowest BCUT2D eigenvalue weighted by Crippen LogP contribution is -2.31. The molecule has 0 bridgehead atoms. The van der Waals surface area contributed by atoms with Crippen molar-refractivity contribution in [2.75, 3.05) is 5.32 Å². The number of carbonyl (C=O) groups is 2. The van der Waals surface area contributed by atoms with Gasteiger partial charge in [-0.25, -0.2) is 4.79 Å². The molecule has 0 saturated carbocycles. The van der Waals surface area contributed by atoms with Gasteiger partial charge in [-0.1, -0.05) is 17.7 Å². The van der Waals surface area contributed by atoms with Crippen molar-refractivity contribution < 1.29 is 32.4 Å². The van der Waals surface area contributed by atoms with E-state index in [1.807, 2.05) is 5.32 Å². The molecule has 2 aromatic rings. The molecular formula is C19H17F3N2O5. The molecule has 0 spiro atoms. The third-order valence-electron chi connectivity index (χ3n) is 4.04. The molecule has 0 radical (unpaired) electrons. The third-order valence-corrected chi connectivity index (χ3v) is 4.04. The first-order valence-electron chi connectivity index (χ1n) is 8.35. The van der Waals surface area contributed by atoms with Crippen molar-refractivity contribution >= 4 is 23.3 Å². The minimum Gasteiger partial charge on any atom is -0.449 e. The van der Waals surface area contributed by atoms with Gasteiger partial charge in [0.2, 0.25) is 0 Å². The summed E-state index contributed by atoms with van der Waals surface area (Å²) in [5, 5.41) is 12.7. The molecule has 0 aliphatic heterocycles. The van der Waals surface area contributed by atoms with Crippen LogP contribution in [-0.2, 0) is 15.7 Å². The first-order chi connectivity index (χ1) is 13.4. The lowest BCUT2D eigenvalue weighted by molar-refractivity contribution is -0.385. The molecule has 154 valence electrons. The number of esters is 1. The predicted octanol–water partition coefficient (Wildman–Crippen LogP) is 4.41. The zero-order chi connectivity index (χ0) is 21.9. The molecule has 0 aliphatic rings. The predicted molar refractivity (Wildman–Crippen MR) is 97.5 cm³/mol. The largest absolute Gasteiger partial charge is 0.449 e. The molecule has 1 atom stereocenters. The Morgan fingerprint density at radius 1 is 1.14 bits per heavy atom. The summed E-state index contributed by atoms with van der Waals surface area (Å²) in [5.41, 5.74) is -1.19. The van der Waals surface area contributed by atoms with Crippen molar-refractivity contribution in [3.8, 4) is 0 Å². The minimum absolute atomic E-state index is 0.232. The number of carbonyl (C=O) groups excluding carboxylic acids is 2. The number of nitrogens with zero attached hydrogens (tertiary/aromatic N) is 1. The smallest absolute Gasteiger partial charge is 0.418 e. The number of amides is 1. The Hall–Kier alpha value is -3.43. The van der Waals surface area contributed by atoms with Crippen molar-refractivity contribution in [3.05, 3.63) is 68.8 Å². The van der Waals surface area contributed by atoms with Gasteiger partial charge in [0, 0.05) is 12.1 Å². The maximum absolute atomic E-state index is 13.2. The Bertz CT molecular complexity index is 973. The highest BCUT2D eigenvalue weighted by Gasteiger charge is 2.36. The quantitative estimate of drug-likeness (QED) is 0.447. The standard InChI is InChI=1S/C19H17F3N2O5/c1-10-4-5-11(2)14(8-10)18(26)29-12(3)17(25)23-16-7-6-13(24(27)28)9-15(16)19(20,21)22/h4-9,12H,1-3H3,(H,23,25)/t12-/m1/s1. The van der Waals surface area contributed by atoms with E-state index in [4.69, 9.17) is 4.74 Å². The van der Waals surface area contributed by atoms with Crippen molar-refractivity contribution in [1.82, 2.24) is 0 Å². The average molecular weight is 410 g/mol. The highest BCUT2D eigenvalue weighted by molar-refractivity contribution is 5.98. The fraction of sp³-hybridized carbons (Fsp3) is 0.263. The van der Waals surface area contributed by atoms with Crippen LogP contribution < -0.4 is 5.32 Å². The van der Waals surface area contributed by atoms with Crippen LogP contribution >= 0.6 is 0 Å². The monoisotopic (exact) mass is 410 g/mol. The molecule has 29 heavy (non-hydrogen) atoms. The number of nitrogens with one attached hydrogen (secondary N) is 1. The normalized spacial score (nSPS) is 12.2. The second-order valence-corrected chi connectivity index (χ2v) is 6.34. The highest BCUT2D eigenvalue weighted by atomic mass is 19.4. The maximum Gasteiger partial charge on any atom is 0.418 e. The van der Waals surface area contributed by atoms with Crippen molar-refractivity contribution in [2.24, 2.45) is 0 Å². The number of halogens is 3. The van der Waals surface area contributed by atoms with Crippen LogP contribution in [0.25, 0.3) is 0 Å². The van der Waals surface area contributed by atoms with Gasteiger partial charge in [-0.3, -0.25) is 14.9 Å². The van der Waals surface area contributed by atoms with Gasteiger partial charge in [-0.2, -0.15) is 13.2 Å². The number of alkyl halides is 3. The zero-order valence-corrected chi connectivity index (χ0v) is 15.7. The molecule has 2 aromatic carbocycles. The topological polar surface area (TPSA) is 98.5 Å². The molecule has 0 unspecified atom stereocenters. The van der Waals surface area contributed by atoms with E-state index in [0.29, 0.717) is 11.6 Å². The van der Waals surface area contributed by atoms with Gasteiger partial charge in [0.05, 0.1) is 21.7 Å². The van der Waals surface area contributed by atoms with Crippen LogP contribution in [0.4, 0.5) is 24.5 Å². The van der Waals surface area contributed by atoms with Crippen LogP contribution in [0.15, 0.2) is 36.4 Å².